The second kappa shape index (κ2) is 8.79. The molecule has 2 N–H and O–H groups in total. The Balaban J connectivity index is 1.56. The van der Waals surface area contributed by atoms with Crippen molar-refractivity contribution in [2.24, 2.45) is 0 Å². The number of halogens is 1. The van der Waals surface area contributed by atoms with Gasteiger partial charge in [0.15, 0.2) is 0 Å². The van der Waals surface area contributed by atoms with Gasteiger partial charge in [0.25, 0.3) is 0 Å². The van der Waals surface area contributed by atoms with E-state index in [9.17, 15) is 14.4 Å². The first-order chi connectivity index (χ1) is 13.3. The number of para-hydroxylation sites is 1. The van der Waals surface area contributed by atoms with Gasteiger partial charge in [-0.3, -0.25) is 14.4 Å². The largest absolute Gasteiger partial charge is 0.336 e. The number of hydrogen-bond donors (Lipinski definition) is 2. The van der Waals surface area contributed by atoms with Crippen molar-refractivity contribution in [3.8, 4) is 0 Å². The number of likely N-dealkylation sites (N-methyl/N-ethyl adjacent to an activating group) is 1. The molecule has 0 fully saturated rings. The normalized spacial score (nSPS) is 15.4. The van der Waals surface area contributed by atoms with E-state index in [0.717, 1.165) is 20.6 Å². The summed E-state index contributed by atoms with van der Waals surface area (Å²) in [5.41, 5.74) is 2.39. The summed E-state index contributed by atoms with van der Waals surface area (Å²) < 4.78 is 0.931. The number of nitrogens with zero attached hydrogens (tertiary/aromatic N) is 1. The van der Waals surface area contributed by atoms with Crippen molar-refractivity contribution in [3.63, 3.8) is 0 Å². The van der Waals surface area contributed by atoms with Crippen molar-refractivity contribution in [3.05, 3.63) is 52.5 Å². The minimum absolute atomic E-state index is 0.0337. The number of rotatable bonds is 5. The molecular weight excluding hydrogens is 442 g/mol. The van der Waals surface area contributed by atoms with E-state index in [1.54, 1.807) is 13.1 Å². The molecule has 2 aromatic carbocycles. The maximum Gasteiger partial charge on any atom is 0.243 e. The van der Waals surface area contributed by atoms with Crippen LogP contribution in [0.1, 0.15) is 12.0 Å². The lowest BCUT2D eigenvalue weighted by Gasteiger charge is -2.25. The molecule has 1 heterocycles. The Labute approximate surface area is 176 Å². The number of carbonyl (C=O) groups excluding carboxylic acids is 3. The minimum Gasteiger partial charge on any atom is -0.336 e. The Morgan fingerprint density at radius 1 is 1.25 bits per heavy atom. The first-order valence-corrected chi connectivity index (χ1v) is 10.4. The van der Waals surface area contributed by atoms with E-state index in [0.29, 0.717) is 5.69 Å². The van der Waals surface area contributed by atoms with Crippen LogP contribution in [-0.4, -0.2) is 41.5 Å². The molecule has 146 valence electrons. The third kappa shape index (κ3) is 4.94. The smallest absolute Gasteiger partial charge is 0.243 e. The maximum atomic E-state index is 12.5. The van der Waals surface area contributed by atoms with Crippen molar-refractivity contribution in [1.82, 2.24) is 4.90 Å². The molecule has 6 nitrogen and oxygen atoms in total. The summed E-state index contributed by atoms with van der Waals surface area (Å²) in [5.74, 6) is -0.734. The fraction of sp³-hybridized carbons (Fsp3) is 0.250. The molecule has 8 heteroatoms. The van der Waals surface area contributed by atoms with Crippen LogP contribution in [0.25, 0.3) is 0 Å². The average molecular weight is 462 g/mol. The average Bonchev–Trinajstić information content (AvgIpc) is 2.64. The number of amides is 3. The molecule has 0 saturated carbocycles. The van der Waals surface area contributed by atoms with Gasteiger partial charge in [-0.05, 0) is 42.8 Å². The Kier molecular flexibility index (Phi) is 6.41. The third-order valence-corrected chi connectivity index (χ3v) is 6.10. The van der Waals surface area contributed by atoms with Crippen molar-refractivity contribution in [2.75, 3.05) is 24.2 Å². The molecule has 3 rings (SSSR count). The van der Waals surface area contributed by atoms with E-state index in [2.05, 4.69) is 26.6 Å². The van der Waals surface area contributed by atoms with Gasteiger partial charge in [0.05, 0.1) is 17.5 Å². The standard InChI is InChI=1S/C20H20BrN3O3S/c1-12-9-13(21)7-8-14(12)22-18(25)11-24(2)19(26)10-17-20(27)23-15-5-3-4-6-16(15)28-17/h3-9,17H,10-11H2,1-2H3,(H,22,25)(H,23,27)/t17-/m0/s1. The fourth-order valence-corrected chi connectivity index (χ4v) is 4.38. The van der Waals surface area contributed by atoms with Crippen molar-refractivity contribution >= 4 is 56.8 Å². The summed E-state index contributed by atoms with van der Waals surface area (Å²) >= 11 is 4.75. The summed E-state index contributed by atoms with van der Waals surface area (Å²) in [4.78, 5) is 39.3. The highest BCUT2D eigenvalue weighted by molar-refractivity contribution is 9.10. The zero-order valence-electron chi connectivity index (χ0n) is 15.5. The first kappa shape index (κ1) is 20.4. The van der Waals surface area contributed by atoms with E-state index in [1.165, 1.54) is 16.7 Å². The quantitative estimate of drug-likeness (QED) is 0.711. The van der Waals surface area contributed by atoms with Gasteiger partial charge in [-0.25, -0.2) is 0 Å². The van der Waals surface area contributed by atoms with Crippen LogP contribution in [-0.2, 0) is 14.4 Å². The predicted octanol–water partition coefficient (Wildman–Crippen LogP) is 3.66. The lowest BCUT2D eigenvalue weighted by Crippen LogP contribution is -2.39. The molecule has 1 aliphatic heterocycles. The summed E-state index contributed by atoms with van der Waals surface area (Å²) in [6.07, 6.45) is 0.0337. The maximum absolute atomic E-state index is 12.5. The van der Waals surface area contributed by atoms with Crippen LogP contribution in [0.4, 0.5) is 11.4 Å². The zero-order valence-corrected chi connectivity index (χ0v) is 17.9. The number of fused-ring (bicyclic) bond motifs is 1. The van der Waals surface area contributed by atoms with Crippen LogP contribution in [0.3, 0.4) is 0 Å². The van der Waals surface area contributed by atoms with Gasteiger partial charge in [0.2, 0.25) is 17.7 Å². The highest BCUT2D eigenvalue weighted by Gasteiger charge is 2.30. The molecule has 0 aromatic heterocycles. The highest BCUT2D eigenvalue weighted by atomic mass is 79.9. The number of benzene rings is 2. The van der Waals surface area contributed by atoms with Crippen LogP contribution in [0.2, 0.25) is 0 Å². The molecule has 0 saturated heterocycles. The third-order valence-electron chi connectivity index (χ3n) is 4.34. The Bertz CT molecular complexity index is 935. The van der Waals surface area contributed by atoms with Gasteiger partial charge in [-0.2, -0.15) is 0 Å². The molecule has 0 unspecified atom stereocenters. The van der Waals surface area contributed by atoms with Crippen molar-refractivity contribution < 1.29 is 14.4 Å². The van der Waals surface area contributed by atoms with Gasteiger partial charge in [0.1, 0.15) is 0 Å². The summed E-state index contributed by atoms with van der Waals surface area (Å²) in [7, 11) is 1.57. The molecule has 2 aromatic rings. The van der Waals surface area contributed by atoms with Gasteiger partial charge in [-0.1, -0.05) is 28.1 Å². The SMILES string of the molecule is Cc1cc(Br)ccc1NC(=O)CN(C)C(=O)C[C@@H]1Sc2ccccc2NC1=O. The summed E-state index contributed by atoms with van der Waals surface area (Å²) in [5, 5.41) is 5.12. The molecule has 1 atom stereocenters. The van der Waals surface area contributed by atoms with E-state index in [4.69, 9.17) is 0 Å². The van der Waals surface area contributed by atoms with Crippen LogP contribution in [0, 0.1) is 6.92 Å². The molecular formula is C20H20BrN3O3S. The molecule has 0 radical (unpaired) electrons. The Morgan fingerprint density at radius 2 is 2.00 bits per heavy atom. The van der Waals surface area contributed by atoms with Crippen LogP contribution < -0.4 is 10.6 Å². The number of anilines is 2. The van der Waals surface area contributed by atoms with Gasteiger partial charge in [0, 0.05) is 28.5 Å². The van der Waals surface area contributed by atoms with Crippen molar-refractivity contribution in [1.29, 1.82) is 0 Å². The topological polar surface area (TPSA) is 78.5 Å². The van der Waals surface area contributed by atoms with E-state index in [1.807, 2.05) is 43.3 Å². The minimum atomic E-state index is -0.512. The Morgan fingerprint density at radius 3 is 2.75 bits per heavy atom. The summed E-state index contributed by atoms with van der Waals surface area (Å²) in [6.45, 7) is 1.82. The monoisotopic (exact) mass is 461 g/mol. The number of aryl methyl sites for hydroxylation is 1. The summed E-state index contributed by atoms with van der Waals surface area (Å²) in [6, 6.07) is 13.0. The first-order valence-electron chi connectivity index (χ1n) is 8.70. The number of thioether (sulfide) groups is 1. The van der Waals surface area contributed by atoms with Crippen LogP contribution in [0.15, 0.2) is 51.8 Å². The highest BCUT2D eigenvalue weighted by Crippen LogP contribution is 2.36. The lowest BCUT2D eigenvalue weighted by atomic mass is 10.2. The van der Waals surface area contributed by atoms with E-state index in [-0.39, 0.29) is 30.7 Å². The number of nitrogens with one attached hydrogen (secondary N) is 2. The molecule has 0 aliphatic carbocycles. The molecule has 0 bridgehead atoms. The molecule has 1 aliphatic rings. The predicted molar refractivity (Wildman–Crippen MR) is 114 cm³/mol. The van der Waals surface area contributed by atoms with Gasteiger partial charge in [-0.15, -0.1) is 11.8 Å². The van der Waals surface area contributed by atoms with Crippen LogP contribution >= 0.6 is 27.7 Å². The number of carbonyl (C=O) groups is 3. The molecule has 3 amide bonds. The second-order valence-electron chi connectivity index (χ2n) is 6.55. The molecule has 0 spiro atoms. The van der Waals surface area contributed by atoms with E-state index >= 15 is 0 Å². The second-order valence-corrected chi connectivity index (χ2v) is 8.71. The van der Waals surface area contributed by atoms with Gasteiger partial charge >= 0.3 is 0 Å². The Hall–Kier alpha value is -2.32. The van der Waals surface area contributed by atoms with Crippen molar-refractivity contribution in [2.45, 2.75) is 23.5 Å². The molecule has 28 heavy (non-hydrogen) atoms. The van der Waals surface area contributed by atoms with Gasteiger partial charge < -0.3 is 15.5 Å². The lowest BCUT2D eigenvalue weighted by molar-refractivity contribution is -0.134. The van der Waals surface area contributed by atoms with E-state index < -0.39 is 5.25 Å². The zero-order chi connectivity index (χ0) is 20.3. The number of hydrogen-bond acceptors (Lipinski definition) is 4. The van der Waals surface area contributed by atoms with Crippen LogP contribution in [0.5, 0.6) is 0 Å². The fourth-order valence-electron chi connectivity index (χ4n) is 2.80.